The van der Waals surface area contributed by atoms with Crippen LogP contribution in [0.4, 0.5) is 11.4 Å². The molecular weight excluding hydrogens is 507 g/mol. The highest BCUT2D eigenvalue weighted by Crippen LogP contribution is 2.38. The van der Waals surface area contributed by atoms with E-state index in [1.54, 1.807) is 12.1 Å². The van der Waals surface area contributed by atoms with E-state index in [1.165, 1.54) is 0 Å². The second-order valence-corrected chi connectivity index (χ2v) is 9.69. The normalized spacial score (nSPS) is 10.8. The molecule has 0 aliphatic heterocycles. The summed E-state index contributed by atoms with van der Waals surface area (Å²) in [7, 11) is 0. The van der Waals surface area contributed by atoms with Crippen LogP contribution < -0.4 is 20.1 Å². The van der Waals surface area contributed by atoms with E-state index < -0.39 is 0 Å². The maximum atomic E-state index is 12.1. The van der Waals surface area contributed by atoms with Crippen LogP contribution in [0.2, 0.25) is 15.1 Å². The largest absolute Gasteiger partial charge is 0.490 e. The standard InChI is InChI=1S/C27H29Cl3N2O3/c1-4-34-25-12-18(11-24(30)27(25)35-16-19-8-9-20(28)13-23(19)29)15-31-21-6-5-7-22(14-21)32-26(33)10-17(2)3/h5-9,11-14,17,31H,4,10,15-16H2,1-3H3,(H,32,33). The number of halogens is 3. The van der Waals surface area contributed by atoms with E-state index in [-0.39, 0.29) is 12.5 Å². The monoisotopic (exact) mass is 534 g/mol. The fourth-order valence-electron chi connectivity index (χ4n) is 3.41. The fraction of sp³-hybridized carbons (Fsp3) is 0.296. The summed E-state index contributed by atoms with van der Waals surface area (Å²) in [6.07, 6.45) is 0.481. The molecule has 8 heteroatoms. The van der Waals surface area contributed by atoms with Gasteiger partial charge in [0.15, 0.2) is 11.5 Å². The van der Waals surface area contributed by atoms with E-state index in [1.807, 2.05) is 63.2 Å². The Labute approximate surface area is 221 Å². The number of amides is 1. The number of benzene rings is 3. The van der Waals surface area contributed by atoms with Gasteiger partial charge < -0.3 is 20.1 Å². The topological polar surface area (TPSA) is 59.6 Å². The average Bonchev–Trinajstić information content (AvgIpc) is 2.78. The summed E-state index contributed by atoms with van der Waals surface area (Å²) in [5.74, 6) is 1.31. The first kappa shape index (κ1) is 27.0. The third-order valence-corrected chi connectivity index (χ3v) is 5.86. The summed E-state index contributed by atoms with van der Waals surface area (Å²) in [6, 6.07) is 16.6. The molecule has 3 rings (SSSR count). The van der Waals surface area contributed by atoms with Crippen LogP contribution in [-0.2, 0) is 17.9 Å². The smallest absolute Gasteiger partial charge is 0.224 e. The first-order valence-electron chi connectivity index (χ1n) is 11.4. The summed E-state index contributed by atoms with van der Waals surface area (Å²) in [5.41, 5.74) is 3.34. The lowest BCUT2D eigenvalue weighted by atomic mass is 10.1. The molecule has 5 nitrogen and oxygen atoms in total. The Kier molecular flexibility index (Phi) is 9.96. The molecule has 2 N–H and O–H groups in total. The molecule has 3 aromatic rings. The Hall–Kier alpha value is -2.60. The lowest BCUT2D eigenvalue weighted by Gasteiger charge is -2.16. The highest BCUT2D eigenvalue weighted by atomic mass is 35.5. The van der Waals surface area contributed by atoms with Crippen molar-refractivity contribution < 1.29 is 14.3 Å². The molecule has 0 atom stereocenters. The number of hydrogen-bond donors (Lipinski definition) is 2. The van der Waals surface area contributed by atoms with Gasteiger partial charge >= 0.3 is 0 Å². The highest BCUT2D eigenvalue weighted by molar-refractivity contribution is 6.35. The average molecular weight is 536 g/mol. The quantitative estimate of drug-likeness (QED) is 0.260. The molecule has 0 unspecified atom stereocenters. The van der Waals surface area contributed by atoms with Crippen LogP contribution in [0.5, 0.6) is 11.5 Å². The molecule has 0 spiro atoms. The zero-order chi connectivity index (χ0) is 25.4. The lowest BCUT2D eigenvalue weighted by Crippen LogP contribution is -2.13. The molecule has 0 saturated carbocycles. The third-order valence-electron chi connectivity index (χ3n) is 4.99. The second-order valence-electron chi connectivity index (χ2n) is 8.44. The Bertz CT molecular complexity index is 1170. The summed E-state index contributed by atoms with van der Waals surface area (Å²) < 4.78 is 11.8. The zero-order valence-corrected chi connectivity index (χ0v) is 22.2. The van der Waals surface area contributed by atoms with Gasteiger partial charge in [0.25, 0.3) is 0 Å². The van der Waals surface area contributed by atoms with Gasteiger partial charge in [-0.2, -0.15) is 0 Å². The van der Waals surface area contributed by atoms with Crippen LogP contribution in [-0.4, -0.2) is 12.5 Å². The van der Waals surface area contributed by atoms with Crippen molar-refractivity contribution in [1.29, 1.82) is 0 Å². The van der Waals surface area contributed by atoms with Gasteiger partial charge in [0.2, 0.25) is 5.91 Å². The number of carbonyl (C=O) groups excluding carboxylic acids is 1. The Balaban J connectivity index is 1.69. The van der Waals surface area contributed by atoms with Crippen molar-refractivity contribution in [2.45, 2.75) is 40.3 Å². The number of nitrogens with one attached hydrogen (secondary N) is 2. The molecule has 1 amide bonds. The van der Waals surface area contributed by atoms with Crippen molar-refractivity contribution in [2.75, 3.05) is 17.2 Å². The van der Waals surface area contributed by atoms with E-state index >= 15 is 0 Å². The predicted octanol–water partition coefficient (Wildman–Crippen LogP) is 8.22. The van der Waals surface area contributed by atoms with Crippen LogP contribution in [0.3, 0.4) is 0 Å². The van der Waals surface area contributed by atoms with E-state index in [9.17, 15) is 4.79 Å². The van der Waals surface area contributed by atoms with Crippen molar-refractivity contribution in [1.82, 2.24) is 0 Å². The number of rotatable bonds is 11. The molecule has 0 aliphatic carbocycles. The summed E-state index contributed by atoms with van der Waals surface area (Å²) in [5, 5.41) is 7.82. The highest BCUT2D eigenvalue weighted by Gasteiger charge is 2.14. The Morgan fingerprint density at radius 2 is 1.71 bits per heavy atom. The number of hydrogen-bond acceptors (Lipinski definition) is 4. The van der Waals surface area contributed by atoms with Crippen LogP contribution in [0.25, 0.3) is 0 Å². The van der Waals surface area contributed by atoms with Gasteiger partial charge in [-0.05, 0) is 60.9 Å². The van der Waals surface area contributed by atoms with Gasteiger partial charge in [0.05, 0.1) is 11.6 Å². The number of anilines is 2. The molecule has 3 aromatic carbocycles. The first-order valence-corrected chi connectivity index (χ1v) is 12.5. The minimum absolute atomic E-state index is 0.000708. The lowest BCUT2D eigenvalue weighted by molar-refractivity contribution is -0.116. The van der Waals surface area contributed by atoms with Gasteiger partial charge in [0.1, 0.15) is 6.61 Å². The van der Waals surface area contributed by atoms with Crippen LogP contribution >= 0.6 is 34.8 Å². The fourth-order valence-corrected chi connectivity index (χ4v) is 4.16. The molecule has 0 aliphatic rings. The third kappa shape index (κ3) is 8.24. The maximum Gasteiger partial charge on any atom is 0.224 e. The molecule has 0 bridgehead atoms. The predicted molar refractivity (Wildman–Crippen MR) is 145 cm³/mol. The van der Waals surface area contributed by atoms with Crippen molar-refractivity contribution >= 4 is 52.1 Å². The van der Waals surface area contributed by atoms with E-state index in [0.717, 1.165) is 22.5 Å². The van der Waals surface area contributed by atoms with Gasteiger partial charge in [-0.1, -0.05) is 60.8 Å². The molecule has 0 fully saturated rings. The van der Waals surface area contributed by atoms with E-state index in [4.69, 9.17) is 44.3 Å². The van der Waals surface area contributed by atoms with Crippen LogP contribution in [0, 0.1) is 5.92 Å². The van der Waals surface area contributed by atoms with Gasteiger partial charge in [-0.15, -0.1) is 0 Å². The van der Waals surface area contributed by atoms with E-state index in [0.29, 0.717) is 52.1 Å². The number of ether oxygens (including phenoxy) is 2. The molecule has 35 heavy (non-hydrogen) atoms. The summed E-state index contributed by atoms with van der Waals surface area (Å²) >= 11 is 18.8. The van der Waals surface area contributed by atoms with Crippen molar-refractivity contribution in [3.05, 3.63) is 80.8 Å². The van der Waals surface area contributed by atoms with Crippen molar-refractivity contribution in [3.63, 3.8) is 0 Å². The second kappa shape index (κ2) is 12.9. The van der Waals surface area contributed by atoms with Crippen LogP contribution in [0.1, 0.15) is 38.3 Å². The molecular formula is C27H29Cl3N2O3. The molecule has 0 heterocycles. The summed E-state index contributed by atoms with van der Waals surface area (Å²) in [4.78, 5) is 12.1. The molecule has 0 saturated heterocycles. The molecule has 186 valence electrons. The van der Waals surface area contributed by atoms with E-state index in [2.05, 4.69) is 10.6 Å². The minimum atomic E-state index is 0.000708. The number of carbonyl (C=O) groups is 1. The van der Waals surface area contributed by atoms with Crippen molar-refractivity contribution in [3.8, 4) is 11.5 Å². The van der Waals surface area contributed by atoms with Gasteiger partial charge in [-0.3, -0.25) is 4.79 Å². The molecule has 0 radical (unpaired) electrons. The summed E-state index contributed by atoms with van der Waals surface area (Å²) in [6.45, 7) is 7.13. The van der Waals surface area contributed by atoms with Gasteiger partial charge in [-0.25, -0.2) is 0 Å². The van der Waals surface area contributed by atoms with Crippen molar-refractivity contribution in [2.24, 2.45) is 5.92 Å². The Morgan fingerprint density at radius 1 is 0.943 bits per heavy atom. The van der Waals surface area contributed by atoms with Crippen LogP contribution in [0.15, 0.2) is 54.6 Å². The van der Waals surface area contributed by atoms with Gasteiger partial charge in [0, 0.05) is 39.9 Å². The SMILES string of the molecule is CCOc1cc(CNc2cccc(NC(=O)CC(C)C)c2)cc(Cl)c1OCc1ccc(Cl)cc1Cl. The Morgan fingerprint density at radius 3 is 2.43 bits per heavy atom. The minimum Gasteiger partial charge on any atom is -0.490 e. The zero-order valence-electron chi connectivity index (χ0n) is 20.0. The maximum absolute atomic E-state index is 12.1. The molecule has 0 aromatic heterocycles. The first-order chi connectivity index (χ1) is 16.7.